The van der Waals surface area contributed by atoms with E-state index < -0.39 is 17.6 Å². The van der Waals surface area contributed by atoms with Crippen LogP contribution in [0.25, 0.3) is 22.3 Å². The summed E-state index contributed by atoms with van der Waals surface area (Å²) in [7, 11) is 0. The lowest BCUT2D eigenvalue weighted by Crippen LogP contribution is -2.27. The molecule has 0 aliphatic carbocycles. The van der Waals surface area contributed by atoms with Gasteiger partial charge in [-0.2, -0.15) is 5.10 Å². The van der Waals surface area contributed by atoms with Crippen molar-refractivity contribution in [3.8, 4) is 11.3 Å². The van der Waals surface area contributed by atoms with Crippen LogP contribution < -0.4 is 5.32 Å². The van der Waals surface area contributed by atoms with Crippen LogP contribution in [0.15, 0.2) is 30.6 Å². The second-order valence-electron chi connectivity index (χ2n) is 7.83. The van der Waals surface area contributed by atoms with Crippen LogP contribution in [0.1, 0.15) is 34.6 Å². The Kier molecular flexibility index (Phi) is 5.21. The van der Waals surface area contributed by atoms with E-state index in [1.807, 2.05) is 32.9 Å². The number of nitrogens with zero attached hydrogens (tertiary/aromatic N) is 4. The minimum absolute atomic E-state index is 0.254. The molecule has 0 bridgehead atoms. The van der Waals surface area contributed by atoms with E-state index >= 15 is 0 Å². The lowest BCUT2D eigenvalue weighted by Gasteiger charge is -2.19. The molecule has 1 aromatic carbocycles. The Morgan fingerprint density at radius 2 is 1.75 bits per heavy atom. The molecule has 8 heteroatoms. The molecule has 1 N–H and O–H groups in total. The van der Waals surface area contributed by atoms with Gasteiger partial charge < -0.3 is 5.32 Å². The molecule has 0 fully saturated rings. The molecular formula is C20H22ClN5O2. The highest BCUT2D eigenvalue weighted by Gasteiger charge is 2.26. The first-order valence-electron chi connectivity index (χ1n) is 8.95. The van der Waals surface area contributed by atoms with E-state index in [0.717, 1.165) is 5.56 Å². The summed E-state index contributed by atoms with van der Waals surface area (Å²) in [5.74, 6) is -1.38. The second-order valence-corrected chi connectivity index (χ2v) is 8.27. The Balaban J connectivity index is 2.23. The first-order chi connectivity index (χ1) is 13.1. The van der Waals surface area contributed by atoms with Crippen LogP contribution in [-0.4, -0.2) is 31.4 Å². The number of amides is 1. The zero-order valence-electron chi connectivity index (χ0n) is 16.4. The molecule has 0 aliphatic rings. The molecule has 28 heavy (non-hydrogen) atoms. The standard InChI is InChI=1S/C20H22ClN5O2/c1-11(2)16(27)19(28)24-17-14-15(12-6-8-13(21)9-7-12)25-26(20(3,4)5)18(14)23-10-22-17/h6-11H,1-5H3,(H,22,23,24,28). The molecule has 3 aromatic rings. The van der Waals surface area contributed by atoms with Crippen molar-refractivity contribution in [3.63, 3.8) is 0 Å². The van der Waals surface area contributed by atoms with Crippen LogP contribution in [0.5, 0.6) is 0 Å². The molecule has 2 heterocycles. The van der Waals surface area contributed by atoms with Crippen molar-refractivity contribution in [1.29, 1.82) is 0 Å². The third-order valence-corrected chi connectivity index (χ3v) is 4.45. The average Bonchev–Trinajstić information content (AvgIpc) is 3.02. The van der Waals surface area contributed by atoms with Gasteiger partial charge in [0.1, 0.15) is 17.8 Å². The molecular weight excluding hydrogens is 378 g/mol. The molecule has 7 nitrogen and oxygen atoms in total. The van der Waals surface area contributed by atoms with Crippen molar-refractivity contribution in [1.82, 2.24) is 19.7 Å². The van der Waals surface area contributed by atoms with Crippen LogP contribution in [-0.2, 0) is 15.1 Å². The lowest BCUT2D eigenvalue weighted by atomic mass is 10.1. The van der Waals surface area contributed by atoms with Gasteiger partial charge >= 0.3 is 0 Å². The first kappa shape index (κ1) is 19.9. The number of halogens is 1. The predicted octanol–water partition coefficient (Wildman–Crippen LogP) is 4.07. The first-order valence-corrected chi connectivity index (χ1v) is 9.32. The zero-order chi connectivity index (χ0) is 20.6. The van der Waals surface area contributed by atoms with E-state index in [1.54, 1.807) is 30.7 Å². The molecule has 0 saturated carbocycles. The predicted molar refractivity (Wildman–Crippen MR) is 109 cm³/mol. The number of carbonyl (C=O) groups is 2. The summed E-state index contributed by atoms with van der Waals surface area (Å²) in [6, 6.07) is 7.22. The number of hydrogen-bond donors (Lipinski definition) is 1. The van der Waals surface area contributed by atoms with Crippen LogP contribution in [0.3, 0.4) is 0 Å². The number of aromatic nitrogens is 4. The fraction of sp³-hybridized carbons (Fsp3) is 0.350. The van der Waals surface area contributed by atoms with Gasteiger partial charge in [-0.1, -0.05) is 37.6 Å². The van der Waals surface area contributed by atoms with Gasteiger partial charge in [0, 0.05) is 16.5 Å². The van der Waals surface area contributed by atoms with Crippen LogP contribution >= 0.6 is 11.6 Å². The van der Waals surface area contributed by atoms with Crippen molar-refractivity contribution in [2.24, 2.45) is 5.92 Å². The number of benzene rings is 1. The van der Waals surface area contributed by atoms with Gasteiger partial charge in [0.2, 0.25) is 5.78 Å². The molecule has 3 rings (SSSR count). The topological polar surface area (TPSA) is 89.8 Å². The zero-order valence-corrected chi connectivity index (χ0v) is 17.2. The number of fused-ring (bicyclic) bond motifs is 1. The van der Waals surface area contributed by atoms with Gasteiger partial charge in [0.25, 0.3) is 5.91 Å². The third-order valence-electron chi connectivity index (χ3n) is 4.20. The third kappa shape index (κ3) is 3.75. The molecule has 0 atom stereocenters. The second kappa shape index (κ2) is 7.31. The molecule has 146 valence electrons. The Bertz CT molecular complexity index is 1050. The summed E-state index contributed by atoms with van der Waals surface area (Å²) >= 11 is 6.01. The van der Waals surface area contributed by atoms with Gasteiger partial charge in [0.05, 0.1) is 10.9 Å². The Morgan fingerprint density at radius 3 is 2.32 bits per heavy atom. The largest absolute Gasteiger partial charge is 0.303 e. The van der Waals surface area contributed by atoms with E-state index in [2.05, 4.69) is 15.3 Å². The maximum absolute atomic E-state index is 12.3. The lowest BCUT2D eigenvalue weighted by molar-refractivity contribution is -0.136. The smallest absolute Gasteiger partial charge is 0.293 e. The monoisotopic (exact) mass is 399 g/mol. The van der Waals surface area contributed by atoms with Gasteiger partial charge in [-0.15, -0.1) is 0 Å². The van der Waals surface area contributed by atoms with Crippen molar-refractivity contribution < 1.29 is 9.59 Å². The Hall–Kier alpha value is -2.80. The van der Waals surface area contributed by atoms with Crippen molar-refractivity contribution >= 4 is 40.1 Å². The quantitative estimate of drug-likeness (QED) is 0.668. The van der Waals surface area contributed by atoms with Crippen molar-refractivity contribution in [2.75, 3.05) is 5.32 Å². The number of nitrogens with one attached hydrogen (secondary N) is 1. The molecule has 0 aliphatic heterocycles. The minimum Gasteiger partial charge on any atom is -0.303 e. The highest BCUT2D eigenvalue weighted by Crippen LogP contribution is 2.34. The number of hydrogen-bond acceptors (Lipinski definition) is 5. The Labute approximate surface area is 168 Å². The van der Waals surface area contributed by atoms with E-state index in [-0.39, 0.29) is 11.4 Å². The van der Waals surface area contributed by atoms with Crippen LogP contribution in [0, 0.1) is 5.92 Å². The van der Waals surface area contributed by atoms with Gasteiger partial charge in [-0.05, 0) is 32.9 Å². The number of rotatable bonds is 4. The maximum Gasteiger partial charge on any atom is 0.293 e. The molecule has 0 unspecified atom stereocenters. The number of anilines is 1. The fourth-order valence-electron chi connectivity index (χ4n) is 2.76. The molecule has 1 amide bonds. The Morgan fingerprint density at radius 1 is 1.11 bits per heavy atom. The summed E-state index contributed by atoms with van der Waals surface area (Å²) in [5.41, 5.74) is 1.62. The van der Waals surface area contributed by atoms with Gasteiger partial charge in [-0.25, -0.2) is 14.6 Å². The van der Waals surface area contributed by atoms with Crippen molar-refractivity contribution in [3.05, 3.63) is 35.6 Å². The van der Waals surface area contributed by atoms with Crippen LogP contribution in [0.4, 0.5) is 5.82 Å². The maximum atomic E-state index is 12.3. The van der Waals surface area contributed by atoms with Crippen LogP contribution in [0.2, 0.25) is 5.02 Å². The molecule has 0 spiro atoms. The van der Waals surface area contributed by atoms with Crippen molar-refractivity contribution in [2.45, 2.75) is 40.2 Å². The normalized spacial score (nSPS) is 11.8. The SMILES string of the molecule is CC(C)C(=O)C(=O)Nc1ncnc2c1c(-c1ccc(Cl)cc1)nn2C(C)(C)C. The number of Topliss-reactive ketones (excluding diaryl/α,β-unsaturated/α-hetero) is 1. The van der Waals surface area contributed by atoms with E-state index in [0.29, 0.717) is 21.7 Å². The summed E-state index contributed by atoms with van der Waals surface area (Å²) < 4.78 is 1.79. The van der Waals surface area contributed by atoms with E-state index in [4.69, 9.17) is 16.7 Å². The summed E-state index contributed by atoms with van der Waals surface area (Å²) in [6.07, 6.45) is 1.35. The van der Waals surface area contributed by atoms with Gasteiger partial charge in [-0.3, -0.25) is 9.59 Å². The highest BCUT2D eigenvalue weighted by atomic mass is 35.5. The molecule has 0 radical (unpaired) electrons. The molecule has 0 saturated heterocycles. The van der Waals surface area contributed by atoms with Gasteiger partial charge in [0.15, 0.2) is 5.65 Å². The fourth-order valence-corrected chi connectivity index (χ4v) is 2.88. The minimum atomic E-state index is -0.708. The van der Waals surface area contributed by atoms with E-state index in [9.17, 15) is 9.59 Å². The number of carbonyl (C=O) groups excluding carboxylic acids is 2. The summed E-state index contributed by atoms with van der Waals surface area (Å²) in [6.45, 7) is 9.37. The summed E-state index contributed by atoms with van der Waals surface area (Å²) in [4.78, 5) is 33.0. The summed E-state index contributed by atoms with van der Waals surface area (Å²) in [5, 5.41) is 8.56. The van der Waals surface area contributed by atoms with E-state index in [1.165, 1.54) is 6.33 Å². The average molecular weight is 400 g/mol. The highest BCUT2D eigenvalue weighted by molar-refractivity contribution is 6.41. The molecule has 2 aromatic heterocycles. The number of ketones is 1.